The zero-order valence-corrected chi connectivity index (χ0v) is 8.78. The van der Waals surface area contributed by atoms with Gasteiger partial charge in [-0.15, -0.1) is 0 Å². The summed E-state index contributed by atoms with van der Waals surface area (Å²) in [5, 5.41) is 0. The van der Waals surface area contributed by atoms with Crippen molar-refractivity contribution in [1.82, 2.24) is 0 Å². The summed E-state index contributed by atoms with van der Waals surface area (Å²) in [4.78, 5) is 0.0397. The van der Waals surface area contributed by atoms with E-state index in [9.17, 15) is 17.4 Å². The van der Waals surface area contributed by atoms with Gasteiger partial charge >= 0.3 is 6.18 Å². The SMILES string of the molecule is Cc1ccc(S(=O)CC(F)(F)F)c(N)c1. The van der Waals surface area contributed by atoms with E-state index in [4.69, 9.17) is 5.73 Å². The third-order valence-electron chi connectivity index (χ3n) is 1.71. The summed E-state index contributed by atoms with van der Waals surface area (Å²) < 4.78 is 47.2. The molecule has 1 rings (SSSR count). The Labute approximate surface area is 87.7 Å². The monoisotopic (exact) mass is 237 g/mol. The Kier molecular flexibility index (Phi) is 3.38. The van der Waals surface area contributed by atoms with Gasteiger partial charge in [0.25, 0.3) is 0 Å². The van der Waals surface area contributed by atoms with Gasteiger partial charge in [0, 0.05) is 5.69 Å². The standard InChI is InChI=1S/C9H10F3NOS/c1-6-2-3-8(7(13)4-6)15(14)5-9(10,11)12/h2-4H,5,13H2,1H3. The van der Waals surface area contributed by atoms with Gasteiger partial charge in [-0.25, -0.2) is 0 Å². The Balaban J connectivity index is 2.92. The third kappa shape index (κ3) is 3.54. The second-order valence-electron chi connectivity index (χ2n) is 3.15. The predicted molar refractivity (Wildman–Crippen MR) is 52.9 cm³/mol. The van der Waals surface area contributed by atoms with Gasteiger partial charge in [-0.1, -0.05) is 6.07 Å². The van der Waals surface area contributed by atoms with Crippen LogP contribution in [0, 0.1) is 6.92 Å². The number of benzene rings is 1. The molecule has 0 radical (unpaired) electrons. The van der Waals surface area contributed by atoms with Gasteiger partial charge in [0.2, 0.25) is 0 Å². The lowest BCUT2D eigenvalue weighted by Gasteiger charge is -2.08. The van der Waals surface area contributed by atoms with E-state index < -0.39 is 22.7 Å². The van der Waals surface area contributed by atoms with Crippen molar-refractivity contribution in [3.8, 4) is 0 Å². The lowest BCUT2D eigenvalue weighted by molar-refractivity contribution is -0.105. The minimum Gasteiger partial charge on any atom is -0.398 e. The molecular formula is C9H10F3NOS. The second kappa shape index (κ2) is 4.22. The Morgan fingerprint density at radius 2 is 2.00 bits per heavy atom. The number of nitrogen functional groups attached to an aromatic ring is 1. The molecule has 6 heteroatoms. The lowest BCUT2D eigenvalue weighted by atomic mass is 10.2. The number of hydrogen-bond acceptors (Lipinski definition) is 2. The first kappa shape index (κ1) is 12.0. The molecule has 1 aromatic rings. The van der Waals surface area contributed by atoms with Crippen LogP contribution in [0.1, 0.15) is 5.56 Å². The first-order valence-corrected chi connectivity index (χ1v) is 5.43. The van der Waals surface area contributed by atoms with Crippen molar-refractivity contribution in [2.45, 2.75) is 18.0 Å². The number of alkyl halides is 3. The first-order chi connectivity index (χ1) is 6.79. The largest absolute Gasteiger partial charge is 0.400 e. The van der Waals surface area contributed by atoms with Crippen molar-refractivity contribution in [3.05, 3.63) is 23.8 Å². The van der Waals surface area contributed by atoms with Gasteiger partial charge in [-0.2, -0.15) is 13.2 Å². The summed E-state index contributed by atoms with van der Waals surface area (Å²) in [7, 11) is -2.12. The molecule has 0 aliphatic heterocycles. The van der Waals surface area contributed by atoms with E-state index in [0.717, 1.165) is 5.56 Å². The Bertz CT molecular complexity index is 389. The van der Waals surface area contributed by atoms with Crippen molar-refractivity contribution in [2.24, 2.45) is 0 Å². The van der Waals surface area contributed by atoms with Crippen LogP contribution in [0.2, 0.25) is 0 Å². The van der Waals surface area contributed by atoms with Crippen LogP contribution in [0.15, 0.2) is 23.1 Å². The number of aryl methyl sites for hydroxylation is 1. The quantitative estimate of drug-likeness (QED) is 0.802. The Morgan fingerprint density at radius 1 is 1.40 bits per heavy atom. The van der Waals surface area contributed by atoms with Gasteiger partial charge in [-0.05, 0) is 24.6 Å². The van der Waals surface area contributed by atoms with E-state index >= 15 is 0 Å². The highest BCUT2D eigenvalue weighted by Crippen LogP contribution is 2.23. The van der Waals surface area contributed by atoms with Crippen LogP contribution in [0.4, 0.5) is 18.9 Å². The number of halogens is 3. The molecule has 1 aromatic carbocycles. The van der Waals surface area contributed by atoms with Crippen molar-refractivity contribution < 1.29 is 17.4 Å². The van der Waals surface area contributed by atoms with Crippen LogP contribution in [-0.4, -0.2) is 16.1 Å². The van der Waals surface area contributed by atoms with E-state index in [-0.39, 0.29) is 10.6 Å². The van der Waals surface area contributed by atoms with Crippen LogP contribution in [0.5, 0.6) is 0 Å². The van der Waals surface area contributed by atoms with Crippen LogP contribution in [0.3, 0.4) is 0 Å². The van der Waals surface area contributed by atoms with Gasteiger partial charge in [-0.3, -0.25) is 4.21 Å². The van der Waals surface area contributed by atoms with E-state index in [0.29, 0.717) is 0 Å². The molecule has 15 heavy (non-hydrogen) atoms. The molecule has 0 saturated heterocycles. The van der Waals surface area contributed by atoms with Crippen molar-refractivity contribution in [1.29, 1.82) is 0 Å². The van der Waals surface area contributed by atoms with Crippen LogP contribution in [-0.2, 0) is 10.8 Å². The number of nitrogens with two attached hydrogens (primary N) is 1. The Morgan fingerprint density at radius 3 is 2.47 bits per heavy atom. The summed E-state index contributed by atoms with van der Waals surface area (Å²) in [5.74, 6) is -1.36. The van der Waals surface area contributed by atoms with E-state index in [1.165, 1.54) is 12.1 Å². The zero-order valence-electron chi connectivity index (χ0n) is 7.97. The minimum absolute atomic E-state index is 0.0397. The highest BCUT2D eigenvalue weighted by Gasteiger charge is 2.31. The van der Waals surface area contributed by atoms with Gasteiger partial charge < -0.3 is 5.73 Å². The molecule has 2 N–H and O–H groups in total. The molecule has 0 heterocycles. The van der Waals surface area contributed by atoms with Gasteiger partial charge in [0.15, 0.2) is 0 Å². The summed E-state index contributed by atoms with van der Waals surface area (Å²) in [6.07, 6.45) is -4.44. The molecule has 0 bridgehead atoms. The molecule has 1 atom stereocenters. The van der Waals surface area contributed by atoms with Gasteiger partial charge in [0.1, 0.15) is 5.75 Å². The predicted octanol–water partition coefficient (Wildman–Crippen LogP) is 2.25. The molecular weight excluding hydrogens is 227 g/mol. The maximum Gasteiger partial charge on any atom is 0.400 e. The minimum atomic E-state index is -4.44. The zero-order chi connectivity index (χ0) is 11.6. The van der Waals surface area contributed by atoms with Crippen LogP contribution < -0.4 is 5.73 Å². The normalized spacial score (nSPS) is 13.9. The highest BCUT2D eigenvalue weighted by atomic mass is 32.2. The number of anilines is 1. The molecule has 0 fully saturated rings. The Hall–Kier alpha value is -1.04. The van der Waals surface area contributed by atoms with Gasteiger partial charge in [0.05, 0.1) is 15.7 Å². The summed E-state index contributed by atoms with van der Waals surface area (Å²) in [6.45, 7) is 1.76. The molecule has 0 spiro atoms. The number of hydrogen-bond donors (Lipinski definition) is 1. The third-order valence-corrected chi connectivity index (χ3v) is 3.16. The van der Waals surface area contributed by atoms with Crippen molar-refractivity contribution in [2.75, 3.05) is 11.5 Å². The first-order valence-electron chi connectivity index (χ1n) is 4.11. The summed E-state index contributed by atoms with van der Waals surface area (Å²) in [5.41, 5.74) is 6.44. The molecule has 1 unspecified atom stereocenters. The smallest absolute Gasteiger partial charge is 0.398 e. The van der Waals surface area contributed by atoms with E-state index in [2.05, 4.69) is 0 Å². The summed E-state index contributed by atoms with van der Waals surface area (Å²) >= 11 is 0. The topological polar surface area (TPSA) is 43.1 Å². The molecule has 0 saturated carbocycles. The second-order valence-corrected chi connectivity index (χ2v) is 4.57. The van der Waals surface area contributed by atoms with E-state index in [1.54, 1.807) is 13.0 Å². The average molecular weight is 237 g/mol. The fraction of sp³-hybridized carbons (Fsp3) is 0.333. The maximum atomic E-state index is 12.0. The van der Waals surface area contributed by atoms with Crippen LogP contribution >= 0.6 is 0 Å². The van der Waals surface area contributed by atoms with E-state index in [1.807, 2.05) is 0 Å². The average Bonchev–Trinajstić information content (AvgIpc) is 1.99. The van der Waals surface area contributed by atoms with Crippen LogP contribution in [0.25, 0.3) is 0 Å². The molecule has 0 aliphatic rings. The van der Waals surface area contributed by atoms with Crippen molar-refractivity contribution >= 4 is 16.5 Å². The molecule has 0 aromatic heterocycles. The molecule has 84 valence electrons. The fourth-order valence-electron chi connectivity index (χ4n) is 1.10. The number of rotatable bonds is 2. The highest BCUT2D eigenvalue weighted by molar-refractivity contribution is 7.85. The maximum absolute atomic E-state index is 12.0. The molecule has 2 nitrogen and oxygen atoms in total. The van der Waals surface area contributed by atoms with Crippen molar-refractivity contribution in [3.63, 3.8) is 0 Å². The molecule has 0 aliphatic carbocycles. The molecule has 0 amide bonds. The summed E-state index contributed by atoms with van der Waals surface area (Å²) in [6, 6.07) is 4.45. The fourth-order valence-corrected chi connectivity index (χ4v) is 2.10. The lowest BCUT2D eigenvalue weighted by Crippen LogP contribution is -2.19.